The number of aliphatic carboxylic acids is 1. The van der Waals surface area contributed by atoms with Crippen molar-refractivity contribution in [3.05, 3.63) is 89.2 Å². The van der Waals surface area contributed by atoms with Crippen molar-refractivity contribution in [2.24, 2.45) is 0 Å². The van der Waals surface area contributed by atoms with Crippen molar-refractivity contribution in [1.82, 2.24) is 9.88 Å². The third-order valence-corrected chi connectivity index (χ3v) is 5.04. The van der Waals surface area contributed by atoms with Gasteiger partial charge in [0.05, 0.1) is 6.42 Å². The minimum absolute atomic E-state index is 0.0242. The zero-order chi connectivity index (χ0) is 21.5. The summed E-state index contributed by atoms with van der Waals surface area (Å²) in [5.74, 6) is -0.863. The van der Waals surface area contributed by atoms with Gasteiger partial charge in [-0.15, -0.1) is 0 Å². The van der Waals surface area contributed by atoms with E-state index in [1.54, 1.807) is 19.3 Å². The summed E-state index contributed by atoms with van der Waals surface area (Å²) in [5.41, 5.74) is 5.79. The van der Waals surface area contributed by atoms with E-state index >= 15 is 0 Å². The lowest BCUT2D eigenvalue weighted by atomic mass is 9.97. The fourth-order valence-corrected chi connectivity index (χ4v) is 3.50. The molecule has 0 atom stereocenters. The first-order chi connectivity index (χ1) is 14.4. The Kier molecular flexibility index (Phi) is 6.96. The predicted octanol–water partition coefficient (Wildman–Crippen LogP) is 4.28. The van der Waals surface area contributed by atoms with Gasteiger partial charge in [0.1, 0.15) is 0 Å². The van der Waals surface area contributed by atoms with Crippen molar-refractivity contribution in [3.8, 4) is 11.1 Å². The first-order valence-electron chi connectivity index (χ1n) is 9.97. The summed E-state index contributed by atoms with van der Waals surface area (Å²) in [4.78, 5) is 29.5. The van der Waals surface area contributed by atoms with Crippen molar-refractivity contribution in [1.29, 1.82) is 0 Å². The molecule has 0 saturated carbocycles. The number of carbonyl (C=O) groups excluding carboxylic acids is 1. The van der Waals surface area contributed by atoms with Gasteiger partial charge in [-0.05, 0) is 41.7 Å². The number of aryl methyl sites for hydroxylation is 1. The van der Waals surface area contributed by atoms with Crippen LogP contribution >= 0.6 is 0 Å². The van der Waals surface area contributed by atoms with Gasteiger partial charge in [0.2, 0.25) is 5.91 Å². The van der Waals surface area contributed by atoms with E-state index in [9.17, 15) is 9.59 Å². The van der Waals surface area contributed by atoms with E-state index in [0.29, 0.717) is 18.7 Å². The van der Waals surface area contributed by atoms with E-state index in [2.05, 4.69) is 23.2 Å². The third-order valence-electron chi connectivity index (χ3n) is 5.04. The molecular weight excluding hydrogens is 376 g/mol. The molecule has 0 aliphatic rings. The van der Waals surface area contributed by atoms with Gasteiger partial charge >= 0.3 is 5.97 Å². The largest absolute Gasteiger partial charge is 0.481 e. The zero-order valence-corrected chi connectivity index (χ0v) is 17.3. The molecule has 1 aromatic heterocycles. The van der Waals surface area contributed by atoms with Crippen LogP contribution in [0, 0.1) is 6.92 Å². The monoisotopic (exact) mass is 402 g/mol. The molecule has 0 aliphatic carbocycles. The molecule has 1 heterocycles. The molecule has 0 unspecified atom stereocenters. The minimum atomic E-state index is -0.887. The van der Waals surface area contributed by atoms with Gasteiger partial charge in [0, 0.05) is 38.0 Å². The summed E-state index contributed by atoms with van der Waals surface area (Å²) in [5, 5.41) is 9.08. The highest BCUT2D eigenvalue weighted by molar-refractivity contribution is 5.75. The lowest BCUT2D eigenvalue weighted by Gasteiger charge is -2.23. The average molecular weight is 402 g/mol. The summed E-state index contributed by atoms with van der Waals surface area (Å²) in [6.07, 6.45) is 4.03. The summed E-state index contributed by atoms with van der Waals surface area (Å²) >= 11 is 0. The van der Waals surface area contributed by atoms with Gasteiger partial charge < -0.3 is 10.0 Å². The molecule has 0 fully saturated rings. The molecule has 2 aromatic carbocycles. The van der Waals surface area contributed by atoms with Crippen LogP contribution in [0.25, 0.3) is 11.1 Å². The van der Waals surface area contributed by atoms with E-state index in [1.807, 2.05) is 48.2 Å². The molecule has 1 amide bonds. The SMILES string of the molecule is CC(=O)N(CCc1ccccc1)Cc1cc(C)ccc1-c1cncc(CC(=O)O)c1. The number of hydrogen-bond acceptors (Lipinski definition) is 3. The second-order valence-electron chi connectivity index (χ2n) is 7.49. The van der Waals surface area contributed by atoms with Crippen LogP contribution in [0.2, 0.25) is 0 Å². The number of rotatable bonds is 8. The van der Waals surface area contributed by atoms with E-state index in [-0.39, 0.29) is 12.3 Å². The Labute approximate surface area is 177 Å². The van der Waals surface area contributed by atoms with Crippen LogP contribution < -0.4 is 0 Å². The zero-order valence-electron chi connectivity index (χ0n) is 17.3. The molecule has 1 N–H and O–H groups in total. The maximum atomic E-state index is 12.3. The average Bonchev–Trinajstić information content (AvgIpc) is 2.71. The van der Waals surface area contributed by atoms with Crippen molar-refractivity contribution in [2.45, 2.75) is 33.2 Å². The van der Waals surface area contributed by atoms with Crippen molar-refractivity contribution >= 4 is 11.9 Å². The fourth-order valence-electron chi connectivity index (χ4n) is 3.50. The number of benzene rings is 2. The maximum absolute atomic E-state index is 12.3. The van der Waals surface area contributed by atoms with E-state index in [4.69, 9.17) is 5.11 Å². The number of aromatic nitrogens is 1. The normalized spacial score (nSPS) is 10.6. The van der Waals surface area contributed by atoms with Gasteiger partial charge in [-0.1, -0.05) is 54.1 Å². The molecule has 5 nitrogen and oxygen atoms in total. The van der Waals surface area contributed by atoms with Gasteiger partial charge in [0.15, 0.2) is 0 Å². The molecule has 30 heavy (non-hydrogen) atoms. The standard InChI is InChI=1S/C25H26N2O3/c1-18-8-9-24(22-13-21(14-25(29)30)15-26-16-22)23(12-18)17-27(19(2)28)11-10-20-6-4-3-5-7-20/h3-9,12-13,15-16H,10-11,14,17H2,1-2H3,(H,29,30). The van der Waals surface area contributed by atoms with Crippen molar-refractivity contribution < 1.29 is 14.7 Å². The van der Waals surface area contributed by atoms with Crippen LogP contribution in [0.5, 0.6) is 0 Å². The van der Waals surface area contributed by atoms with Crippen LogP contribution in [0.1, 0.15) is 29.2 Å². The van der Waals surface area contributed by atoms with Crippen molar-refractivity contribution in [2.75, 3.05) is 6.54 Å². The van der Waals surface area contributed by atoms with Gasteiger partial charge in [-0.25, -0.2) is 0 Å². The number of nitrogens with zero attached hydrogens (tertiary/aromatic N) is 2. The highest BCUT2D eigenvalue weighted by Gasteiger charge is 2.14. The van der Waals surface area contributed by atoms with Crippen LogP contribution in [0.4, 0.5) is 0 Å². The van der Waals surface area contributed by atoms with Crippen LogP contribution in [-0.2, 0) is 29.0 Å². The molecule has 0 bridgehead atoms. The van der Waals surface area contributed by atoms with Crippen LogP contribution in [0.15, 0.2) is 67.0 Å². The second-order valence-corrected chi connectivity index (χ2v) is 7.49. The Morgan fingerprint density at radius 3 is 2.47 bits per heavy atom. The number of carbonyl (C=O) groups is 2. The highest BCUT2D eigenvalue weighted by atomic mass is 16.4. The Morgan fingerprint density at radius 2 is 1.77 bits per heavy atom. The highest BCUT2D eigenvalue weighted by Crippen LogP contribution is 2.26. The Bertz CT molecular complexity index is 1030. The maximum Gasteiger partial charge on any atom is 0.307 e. The smallest absolute Gasteiger partial charge is 0.307 e. The van der Waals surface area contributed by atoms with Crippen LogP contribution in [0.3, 0.4) is 0 Å². The summed E-state index contributed by atoms with van der Waals surface area (Å²) in [6.45, 7) is 4.73. The van der Waals surface area contributed by atoms with Crippen molar-refractivity contribution in [3.63, 3.8) is 0 Å². The first kappa shape index (κ1) is 21.2. The van der Waals surface area contributed by atoms with E-state index in [0.717, 1.165) is 28.7 Å². The molecule has 3 rings (SSSR count). The van der Waals surface area contributed by atoms with Gasteiger partial charge in [-0.3, -0.25) is 14.6 Å². The van der Waals surface area contributed by atoms with E-state index < -0.39 is 5.97 Å². The van der Waals surface area contributed by atoms with Gasteiger partial charge in [0.25, 0.3) is 0 Å². The number of pyridine rings is 1. The Hall–Kier alpha value is -3.47. The predicted molar refractivity (Wildman–Crippen MR) is 117 cm³/mol. The fraction of sp³-hybridized carbons (Fsp3) is 0.240. The Balaban J connectivity index is 1.86. The number of carboxylic acid groups (broad SMARTS) is 1. The van der Waals surface area contributed by atoms with Crippen LogP contribution in [-0.4, -0.2) is 33.4 Å². The topological polar surface area (TPSA) is 70.5 Å². The first-order valence-corrected chi connectivity index (χ1v) is 9.97. The molecular formula is C25H26N2O3. The number of amides is 1. The lowest BCUT2D eigenvalue weighted by Crippen LogP contribution is -2.30. The molecule has 0 aliphatic heterocycles. The third kappa shape index (κ3) is 5.77. The molecule has 0 spiro atoms. The van der Waals surface area contributed by atoms with Gasteiger partial charge in [-0.2, -0.15) is 0 Å². The molecule has 3 aromatic rings. The molecule has 5 heteroatoms. The number of carboxylic acids is 1. The minimum Gasteiger partial charge on any atom is -0.481 e. The lowest BCUT2D eigenvalue weighted by molar-refractivity contribution is -0.136. The molecule has 0 radical (unpaired) electrons. The summed E-state index contributed by atoms with van der Waals surface area (Å²) < 4.78 is 0. The molecule has 0 saturated heterocycles. The summed E-state index contributed by atoms with van der Waals surface area (Å²) in [7, 11) is 0. The Morgan fingerprint density at radius 1 is 1.00 bits per heavy atom. The molecule has 154 valence electrons. The summed E-state index contributed by atoms with van der Waals surface area (Å²) in [6, 6.07) is 18.1. The quantitative estimate of drug-likeness (QED) is 0.611. The second kappa shape index (κ2) is 9.83. The van der Waals surface area contributed by atoms with E-state index in [1.165, 1.54) is 5.56 Å². The number of hydrogen-bond donors (Lipinski definition) is 1.